The minimum atomic E-state index is -4.00. The fourth-order valence-electron chi connectivity index (χ4n) is 2.75. The van der Waals surface area contributed by atoms with E-state index in [9.17, 15) is 13.2 Å². The number of aryl methyl sites for hydroxylation is 1. The van der Waals surface area contributed by atoms with Gasteiger partial charge >= 0.3 is 0 Å². The molecule has 1 N–H and O–H groups in total. The zero-order chi connectivity index (χ0) is 24.0. The van der Waals surface area contributed by atoms with Gasteiger partial charge in [-0.15, -0.1) is 10.2 Å². The molecule has 8 nitrogen and oxygen atoms in total. The molecule has 0 radical (unpaired) electrons. The van der Waals surface area contributed by atoms with Crippen molar-refractivity contribution < 1.29 is 17.9 Å². The molecule has 0 spiro atoms. The van der Waals surface area contributed by atoms with Gasteiger partial charge in [0, 0.05) is 5.75 Å². The second-order valence-electron chi connectivity index (χ2n) is 7.65. The molecule has 0 aliphatic carbocycles. The Morgan fingerprint density at radius 2 is 1.79 bits per heavy atom. The highest BCUT2D eigenvalue weighted by Gasteiger charge is 2.27. The minimum Gasteiger partial charge on any atom is -0.497 e. The molecule has 0 fully saturated rings. The Kier molecular flexibility index (Phi) is 8.33. The van der Waals surface area contributed by atoms with Gasteiger partial charge in [-0.3, -0.25) is 14.4 Å². The number of anilines is 2. The van der Waals surface area contributed by atoms with Gasteiger partial charge in [-0.25, -0.2) is 8.42 Å². The van der Waals surface area contributed by atoms with Crippen LogP contribution in [-0.4, -0.2) is 43.9 Å². The minimum absolute atomic E-state index is 0.0972. The van der Waals surface area contributed by atoms with Gasteiger partial charge in [0.05, 0.1) is 17.7 Å². The van der Waals surface area contributed by atoms with Crippen LogP contribution >= 0.6 is 23.1 Å². The Morgan fingerprint density at radius 1 is 1.12 bits per heavy atom. The Hall–Kier alpha value is -2.63. The predicted octanol–water partition coefficient (Wildman–Crippen LogP) is 4.44. The summed E-state index contributed by atoms with van der Waals surface area (Å²) in [6, 6.07) is 13.0. The largest absolute Gasteiger partial charge is 0.497 e. The van der Waals surface area contributed by atoms with Crippen molar-refractivity contribution in [3.05, 3.63) is 54.1 Å². The lowest BCUT2D eigenvalue weighted by atomic mass is 10.2. The van der Waals surface area contributed by atoms with Gasteiger partial charge in [0.1, 0.15) is 12.3 Å². The molecular weight excluding hydrogens is 480 g/mol. The number of benzene rings is 2. The first kappa shape index (κ1) is 25.0. The van der Waals surface area contributed by atoms with E-state index in [2.05, 4.69) is 29.4 Å². The molecule has 0 atom stereocenters. The van der Waals surface area contributed by atoms with Crippen molar-refractivity contribution in [2.75, 3.05) is 29.0 Å². The summed E-state index contributed by atoms with van der Waals surface area (Å²) in [5.41, 5.74) is 1.28. The fraction of sp³-hybridized carbons (Fsp3) is 0.318. The monoisotopic (exact) mass is 506 g/mol. The third-order valence-corrected chi connectivity index (χ3v) is 8.64. The molecular formula is C22H26N4O4S3. The molecule has 3 aromatic rings. The van der Waals surface area contributed by atoms with Crippen molar-refractivity contribution in [3.63, 3.8) is 0 Å². The van der Waals surface area contributed by atoms with E-state index < -0.39 is 22.5 Å². The number of carbonyl (C=O) groups excluding carboxylic acids is 1. The lowest BCUT2D eigenvalue weighted by Crippen LogP contribution is -2.38. The van der Waals surface area contributed by atoms with Crippen LogP contribution in [0.15, 0.2) is 57.8 Å². The smallest absolute Gasteiger partial charge is 0.264 e. The number of carbonyl (C=O) groups is 1. The fourth-order valence-corrected chi connectivity index (χ4v) is 5.91. The Balaban J connectivity index is 1.83. The van der Waals surface area contributed by atoms with Gasteiger partial charge in [-0.2, -0.15) is 0 Å². The van der Waals surface area contributed by atoms with Crippen LogP contribution in [0.1, 0.15) is 19.4 Å². The standard InChI is InChI=1S/C22H26N4O4S3/c1-15(2)14-31-22-25-24-21(32-22)23-20(27)13-26(17-7-9-18(30-4)10-8-17)33(28,29)19-11-5-16(3)6-12-19/h5-12,15H,13-14H2,1-4H3,(H,23,24,27). The maximum absolute atomic E-state index is 13.4. The van der Waals surface area contributed by atoms with E-state index >= 15 is 0 Å². The molecule has 0 bridgehead atoms. The quantitative estimate of drug-likeness (QED) is 0.320. The number of nitrogens with zero attached hydrogens (tertiary/aromatic N) is 3. The van der Waals surface area contributed by atoms with E-state index in [1.807, 2.05) is 6.92 Å². The van der Waals surface area contributed by atoms with Gasteiger partial charge in [0.25, 0.3) is 10.0 Å². The van der Waals surface area contributed by atoms with Gasteiger partial charge in [0.2, 0.25) is 11.0 Å². The lowest BCUT2D eigenvalue weighted by Gasteiger charge is -2.24. The van der Waals surface area contributed by atoms with Crippen LogP contribution in [0.3, 0.4) is 0 Å². The number of ether oxygens (including phenoxy) is 1. The molecule has 0 saturated carbocycles. The molecule has 1 amide bonds. The zero-order valence-corrected chi connectivity index (χ0v) is 21.3. The molecule has 11 heteroatoms. The van der Waals surface area contributed by atoms with Gasteiger partial charge < -0.3 is 4.74 Å². The molecule has 1 aromatic heterocycles. The maximum atomic E-state index is 13.4. The Labute approximate surface area is 202 Å². The van der Waals surface area contributed by atoms with Crippen molar-refractivity contribution in [1.82, 2.24) is 10.2 Å². The summed E-state index contributed by atoms with van der Waals surface area (Å²) in [5.74, 6) is 1.46. The number of nitrogens with one attached hydrogen (secondary N) is 1. The number of amides is 1. The Morgan fingerprint density at radius 3 is 2.39 bits per heavy atom. The van der Waals surface area contributed by atoms with E-state index in [-0.39, 0.29) is 4.90 Å². The summed E-state index contributed by atoms with van der Waals surface area (Å²) in [6.45, 7) is 5.68. The van der Waals surface area contributed by atoms with Gasteiger partial charge in [-0.1, -0.05) is 54.6 Å². The second kappa shape index (κ2) is 11.0. The predicted molar refractivity (Wildman–Crippen MR) is 133 cm³/mol. The van der Waals surface area contributed by atoms with Crippen molar-refractivity contribution in [2.45, 2.75) is 30.0 Å². The second-order valence-corrected chi connectivity index (χ2v) is 11.8. The molecule has 0 unspecified atom stereocenters. The molecule has 0 aliphatic heterocycles. The van der Waals surface area contributed by atoms with E-state index in [0.717, 1.165) is 20.0 Å². The average molecular weight is 507 g/mol. The SMILES string of the molecule is COc1ccc(N(CC(=O)Nc2nnc(SCC(C)C)s2)S(=O)(=O)c2ccc(C)cc2)cc1. The first-order chi connectivity index (χ1) is 15.7. The number of methoxy groups -OCH3 is 1. The highest BCUT2D eigenvalue weighted by molar-refractivity contribution is 8.01. The summed E-state index contributed by atoms with van der Waals surface area (Å²) in [4.78, 5) is 12.9. The number of aromatic nitrogens is 2. The third kappa shape index (κ3) is 6.68. The first-order valence-corrected chi connectivity index (χ1v) is 13.4. The van der Waals surface area contributed by atoms with Gasteiger partial charge in [-0.05, 0) is 49.2 Å². The highest BCUT2D eigenvalue weighted by Crippen LogP contribution is 2.28. The number of sulfonamides is 1. The van der Waals surface area contributed by atoms with Gasteiger partial charge in [0.15, 0.2) is 4.34 Å². The molecule has 1 heterocycles. The molecule has 33 heavy (non-hydrogen) atoms. The number of rotatable bonds is 10. The van der Waals surface area contributed by atoms with Crippen molar-refractivity contribution in [3.8, 4) is 5.75 Å². The topological polar surface area (TPSA) is 101 Å². The molecule has 0 aliphatic rings. The summed E-state index contributed by atoms with van der Waals surface area (Å²) < 4.78 is 33.8. The van der Waals surface area contributed by atoms with E-state index in [0.29, 0.717) is 22.5 Å². The van der Waals surface area contributed by atoms with Crippen LogP contribution in [0.25, 0.3) is 0 Å². The van der Waals surface area contributed by atoms with Crippen molar-refractivity contribution in [2.24, 2.45) is 5.92 Å². The van der Waals surface area contributed by atoms with Crippen molar-refractivity contribution >= 4 is 49.8 Å². The zero-order valence-electron chi connectivity index (χ0n) is 18.8. The van der Waals surface area contributed by atoms with Crippen LogP contribution in [-0.2, 0) is 14.8 Å². The van der Waals surface area contributed by atoms with E-state index in [1.165, 1.54) is 30.6 Å². The first-order valence-electron chi connectivity index (χ1n) is 10.2. The van der Waals surface area contributed by atoms with Crippen LogP contribution < -0.4 is 14.4 Å². The molecule has 0 saturated heterocycles. The molecule has 176 valence electrons. The summed E-state index contributed by atoms with van der Waals surface area (Å²) in [6.07, 6.45) is 0. The van der Waals surface area contributed by atoms with Crippen LogP contribution in [0.5, 0.6) is 5.75 Å². The normalized spacial score (nSPS) is 11.4. The van der Waals surface area contributed by atoms with Crippen LogP contribution in [0.4, 0.5) is 10.8 Å². The summed E-state index contributed by atoms with van der Waals surface area (Å²) >= 11 is 2.83. The summed E-state index contributed by atoms with van der Waals surface area (Å²) in [7, 11) is -2.47. The van der Waals surface area contributed by atoms with Crippen LogP contribution in [0.2, 0.25) is 0 Å². The Bertz CT molecular complexity index is 1180. The molecule has 2 aromatic carbocycles. The molecule has 3 rings (SSSR count). The number of hydrogen-bond acceptors (Lipinski definition) is 8. The number of hydrogen-bond donors (Lipinski definition) is 1. The average Bonchev–Trinajstić information content (AvgIpc) is 3.23. The van der Waals surface area contributed by atoms with Crippen LogP contribution in [0, 0.1) is 12.8 Å². The highest BCUT2D eigenvalue weighted by atomic mass is 32.2. The third-order valence-electron chi connectivity index (χ3n) is 4.45. The van der Waals surface area contributed by atoms with E-state index in [4.69, 9.17) is 4.74 Å². The maximum Gasteiger partial charge on any atom is 0.264 e. The summed E-state index contributed by atoms with van der Waals surface area (Å²) in [5, 5.41) is 11.1. The van der Waals surface area contributed by atoms with E-state index in [1.54, 1.807) is 48.2 Å². The lowest BCUT2D eigenvalue weighted by molar-refractivity contribution is -0.114. The number of thioether (sulfide) groups is 1. The van der Waals surface area contributed by atoms with Crippen molar-refractivity contribution in [1.29, 1.82) is 0 Å².